The number of nitrogens with zero attached hydrogens (tertiary/aromatic N) is 1. The highest BCUT2D eigenvalue weighted by molar-refractivity contribution is 5.27. The van der Waals surface area contributed by atoms with Gasteiger partial charge in [0.05, 0.1) is 0 Å². The third-order valence-electron chi connectivity index (χ3n) is 5.29. The third kappa shape index (κ3) is 4.99. The Morgan fingerprint density at radius 3 is 2.42 bits per heavy atom. The van der Waals surface area contributed by atoms with Crippen molar-refractivity contribution in [2.75, 3.05) is 26.8 Å². The first kappa shape index (κ1) is 18.7. The number of aryl methyl sites for hydroxylation is 1. The molecule has 1 atom stereocenters. The van der Waals surface area contributed by atoms with Gasteiger partial charge >= 0.3 is 0 Å². The molecule has 1 aliphatic heterocycles. The van der Waals surface area contributed by atoms with Crippen molar-refractivity contribution in [2.24, 2.45) is 0 Å². The Morgan fingerprint density at radius 2 is 1.73 bits per heavy atom. The molecule has 0 aliphatic carbocycles. The summed E-state index contributed by atoms with van der Waals surface area (Å²) in [5.74, 6) is 1.22. The molecule has 0 spiro atoms. The number of rotatable bonds is 6. The van der Waals surface area contributed by atoms with Crippen molar-refractivity contribution in [3.05, 3.63) is 59.7 Å². The van der Waals surface area contributed by atoms with Gasteiger partial charge in [-0.1, -0.05) is 29.8 Å². The minimum absolute atomic E-state index is 0.228. The van der Waals surface area contributed by atoms with Gasteiger partial charge in [-0.3, -0.25) is 4.90 Å². The molecule has 0 aromatic heterocycles. The Morgan fingerprint density at radius 1 is 1.00 bits per heavy atom. The average Bonchev–Trinajstić information content (AvgIpc) is 2.86. The predicted octanol–water partition coefficient (Wildman–Crippen LogP) is 4.15. The molecule has 140 valence electrons. The third-order valence-corrected chi connectivity index (χ3v) is 5.29. The SMILES string of the molecule is COC1(COc2ccc(C)cc2)CCCN(Cc2ccc(O)cc2)CC1. The minimum Gasteiger partial charge on any atom is -0.508 e. The Bertz CT molecular complexity index is 684. The quantitative estimate of drug-likeness (QED) is 0.845. The summed E-state index contributed by atoms with van der Waals surface area (Å²) < 4.78 is 12.0. The van der Waals surface area contributed by atoms with Gasteiger partial charge in [0.2, 0.25) is 0 Å². The van der Waals surface area contributed by atoms with E-state index < -0.39 is 0 Å². The zero-order valence-corrected chi connectivity index (χ0v) is 15.8. The lowest BCUT2D eigenvalue weighted by Gasteiger charge is -2.31. The van der Waals surface area contributed by atoms with E-state index in [1.807, 2.05) is 24.3 Å². The van der Waals surface area contributed by atoms with E-state index in [0.29, 0.717) is 12.4 Å². The van der Waals surface area contributed by atoms with Gasteiger partial charge < -0.3 is 14.6 Å². The standard InChI is InChI=1S/C22H29NO3/c1-18-4-10-21(11-5-18)26-17-22(25-2)12-3-14-23(15-13-22)16-19-6-8-20(24)9-7-19/h4-11,24H,3,12-17H2,1-2H3. The largest absolute Gasteiger partial charge is 0.508 e. The Balaban J connectivity index is 1.57. The molecule has 0 bridgehead atoms. The molecule has 26 heavy (non-hydrogen) atoms. The second-order valence-corrected chi connectivity index (χ2v) is 7.29. The van der Waals surface area contributed by atoms with E-state index in [2.05, 4.69) is 24.0 Å². The van der Waals surface area contributed by atoms with E-state index in [-0.39, 0.29) is 5.60 Å². The summed E-state index contributed by atoms with van der Waals surface area (Å²) in [6, 6.07) is 15.7. The normalized spacial score (nSPS) is 21.3. The van der Waals surface area contributed by atoms with Crippen molar-refractivity contribution >= 4 is 0 Å². The van der Waals surface area contributed by atoms with E-state index in [1.54, 1.807) is 19.2 Å². The zero-order valence-electron chi connectivity index (χ0n) is 15.8. The van der Waals surface area contributed by atoms with Crippen molar-refractivity contribution in [1.82, 2.24) is 4.90 Å². The molecule has 4 heteroatoms. The highest BCUT2D eigenvalue weighted by Gasteiger charge is 2.33. The van der Waals surface area contributed by atoms with Crippen LogP contribution in [0.3, 0.4) is 0 Å². The Kier molecular flexibility index (Phi) is 6.17. The number of aromatic hydroxyl groups is 1. The average molecular weight is 355 g/mol. The Hall–Kier alpha value is -2.04. The lowest BCUT2D eigenvalue weighted by molar-refractivity contribution is -0.0541. The van der Waals surface area contributed by atoms with Crippen LogP contribution in [0.1, 0.15) is 30.4 Å². The second-order valence-electron chi connectivity index (χ2n) is 7.29. The summed E-state index contributed by atoms with van der Waals surface area (Å²) >= 11 is 0. The monoisotopic (exact) mass is 355 g/mol. The molecule has 1 saturated heterocycles. The molecule has 3 rings (SSSR count). The van der Waals surface area contributed by atoms with Gasteiger partial charge in [0, 0.05) is 20.2 Å². The van der Waals surface area contributed by atoms with Gasteiger partial charge in [0.25, 0.3) is 0 Å². The maximum Gasteiger partial charge on any atom is 0.119 e. The van der Waals surface area contributed by atoms with Gasteiger partial charge in [-0.25, -0.2) is 0 Å². The molecule has 1 heterocycles. The first-order valence-corrected chi connectivity index (χ1v) is 9.33. The molecule has 1 fully saturated rings. The van der Waals surface area contributed by atoms with Crippen LogP contribution in [0, 0.1) is 6.92 Å². The fourth-order valence-corrected chi connectivity index (χ4v) is 3.50. The summed E-state index contributed by atoms with van der Waals surface area (Å²) in [5.41, 5.74) is 2.23. The fourth-order valence-electron chi connectivity index (χ4n) is 3.50. The maximum atomic E-state index is 9.43. The number of likely N-dealkylation sites (tertiary alicyclic amines) is 1. The lowest BCUT2D eigenvalue weighted by Crippen LogP contribution is -2.39. The highest BCUT2D eigenvalue weighted by atomic mass is 16.5. The van der Waals surface area contributed by atoms with Crippen LogP contribution in [0.4, 0.5) is 0 Å². The molecular weight excluding hydrogens is 326 g/mol. The van der Waals surface area contributed by atoms with Crippen LogP contribution in [0.2, 0.25) is 0 Å². The molecular formula is C22H29NO3. The summed E-state index contributed by atoms with van der Waals surface area (Å²) in [7, 11) is 1.80. The van der Waals surface area contributed by atoms with E-state index in [1.165, 1.54) is 11.1 Å². The minimum atomic E-state index is -0.228. The van der Waals surface area contributed by atoms with Crippen molar-refractivity contribution in [1.29, 1.82) is 0 Å². The number of phenolic OH excluding ortho intramolecular Hbond substituents is 1. The molecule has 1 aliphatic rings. The molecule has 1 N–H and O–H groups in total. The Labute approximate surface area is 156 Å². The molecule has 0 radical (unpaired) electrons. The van der Waals surface area contributed by atoms with E-state index in [4.69, 9.17) is 9.47 Å². The van der Waals surface area contributed by atoms with Crippen molar-refractivity contribution < 1.29 is 14.6 Å². The van der Waals surface area contributed by atoms with Gasteiger partial charge in [-0.15, -0.1) is 0 Å². The molecule has 2 aromatic rings. The summed E-state index contributed by atoms with van der Waals surface area (Å²) in [6.45, 7) is 5.59. The highest BCUT2D eigenvalue weighted by Crippen LogP contribution is 2.28. The number of hydrogen-bond acceptors (Lipinski definition) is 4. The molecule has 1 unspecified atom stereocenters. The molecule has 0 saturated carbocycles. The fraction of sp³-hybridized carbons (Fsp3) is 0.455. The molecule has 4 nitrogen and oxygen atoms in total. The predicted molar refractivity (Wildman–Crippen MR) is 104 cm³/mol. The number of benzene rings is 2. The van der Waals surface area contributed by atoms with Crippen LogP contribution in [-0.2, 0) is 11.3 Å². The van der Waals surface area contributed by atoms with Crippen LogP contribution in [0.25, 0.3) is 0 Å². The van der Waals surface area contributed by atoms with Crippen LogP contribution >= 0.6 is 0 Å². The van der Waals surface area contributed by atoms with E-state index in [0.717, 1.165) is 44.6 Å². The van der Waals surface area contributed by atoms with E-state index >= 15 is 0 Å². The topological polar surface area (TPSA) is 41.9 Å². The van der Waals surface area contributed by atoms with Crippen molar-refractivity contribution in [3.63, 3.8) is 0 Å². The van der Waals surface area contributed by atoms with Gasteiger partial charge in [-0.05, 0) is 62.6 Å². The smallest absolute Gasteiger partial charge is 0.119 e. The first-order chi connectivity index (χ1) is 12.6. The number of hydrogen-bond donors (Lipinski definition) is 1. The van der Waals surface area contributed by atoms with Crippen molar-refractivity contribution in [3.8, 4) is 11.5 Å². The van der Waals surface area contributed by atoms with E-state index in [9.17, 15) is 5.11 Å². The number of ether oxygens (including phenoxy) is 2. The summed E-state index contributed by atoms with van der Waals surface area (Å²) in [6.07, 6.45) is 3.04. The van der Waals surface area contributed by atoms with Crippen LogP contribution in [0.5, 0.6) is 11.5 Å². The zero-order chi connectivity index (χ0) is 18.4. The second kappa shape index (κ2) is 8.56. The first-order valence-electron chi connectivity index (χ1n) is 9.33. The molecule has 2 aromatic carbocycles. The van der Waals surface area contributed by atoms with Crippen LogP contribution in [0.15, 0.2) is 48.5 Å². The number of methoxy groups -OCH3 is 1. The van der Waals surface area contributed by atoms with Gasteiger partial charge in [0.15, 0.2) is 0 Å². The summed E-state index contributed by atoms with van der Waals surface area (Å²) in [5, 5.41) is 9.43. The van der Waals surface area contributed by atoms with Gasteiger partial charge in [0.1, 0.15) is 23.7 Å². The number of phenols is 1. The van der Waals surface area contributed by atoms with Gasteiger partial charge in [-0.2, -0.15) is 0 Å². The van der Waals surface area contributed by atoms with Crippen LogP contribution < -0.4 is 4.74 Å². The van der Waals surface area contributed by atoms with Crippen molar-refractivity contribution in [2.45, 2.75) is 38.3 Å². The van der Waals surface area contributed by atoms with Crippen LogP contribution in [-0.4, -0.2) is 42.4 Å². The lowest BCUT2D eigenvalue weighted by atomic mass is 9.95. The summed E-state index contributed by atoms with van der Waals surface area (Å²) in [4.78, 5) is 2.46. The maximum absolute atomic E-state index is 9.43. The molecule has 0 amide bonds.